The standard InChI is InChI=1S/C14H17NO3/c1-11(16)18-10-13(6-7-15)8-12-4-3-5-14(9-12)17-2/h3-5,9,13H,6,8,10H2,1-2H3/t13-/m0/s1. The maximum Gasteiger partial charge on any atom is 0.302 e. The minimum atomic E-state index is -0.316. The van der Waals surface area contributed by atoms with Crippen LogP contribution < -0.4 is 4.74 Å². The van der Waals surface area contributed by atoms with Crippen molar-refractivity contribution in [3.63, 3.8) is 0 Å². The third-order valence-electron chi connectivity index (χ3n) is 2.56. The van der Waals surface area contributed by atoms with Crippen LogP contribution in [-0.4, -0.2) is 19.7 Å². The molecule has 0 amide bonds. The summed E-state index contributed by atoms with van der Waals surface area (Å²) >= 11 is 0. The van der Waals surface area contributed by atoms with Crippen LogP contribution in [0.2, 0.25) is 0 Å². The van der Waals surface area contributed by atoms with Crippen LogP contribution in [0.15, 0.2) is 24.3 Å². The molecule has 4 heteroatoms. The van der Waals surface area contributed by atoms with Crippen LogP contribution in [0.4, 0.5) is 0 Å². The summed E-state index contributed by atoms with van der Waals surface area (Å²) in [6.07, 6.45) is 1.06. The molecular formula is C14H17NO3. The molecule has 0 saturated heterocycles. The number of carbonyl (C=O) groups excluding carboxylic acids is 1. The van der Waals surface area contributed by atoms with Crippen LogP contribution in [0.3, 0.4) is 0 Å². The second-order valence-corrected chi connectivity index (χ2v) is 4.09. The van der Waals surface area contributed by atoms with Crippen LogP contribution in [-0.2, 0) is 16.0 Å². The third-order valence-corrected chi connectivity index (χ3v) is 2.56. The molecule has 1 atom stereocenters. The number of rotatable bonds is 6. The average molecular weight is 247 g/mol. The van der Waals surface area contributed by atoms with Gasteiger partial charge in [0.05, 0.1) is 19.8 Å². The van der Waals surface area contributed by atoms with Gasteiger partial charge in [-0.2, -0.15) is 5.26 Å². The van der Waals surface area contributed by atoms with Gasteiger partial charge in [-0.1, -0.05) is 12.1 Å². The van der Waals surface area contributed by atoms with Gasteiger partial charge in [0.2, 0.25) is 0 Å². The van der Waals surface area contributed by atoms with Gasteiger partial charge in [0.15, 0.2) is 0 Å². The maximum atomic E-state index is 10.8. The number of carbonyl (C=O) groups is 1. The van der Waals surface area contributed by atoms with Crippen molar-refractivity contribution in [2.75, 3.05) is 13.7 Å². The Balaban J connectivity index is 2.64. The Morgan fingerprint density at radius 1 is 1.50 bits per heavy atom. The minimum Gasteiger partial charge on any atom is -0.497 e. The molecule has 18 heavy (non-hydrogen) atoms. The van der Waals surface area contributed by atoms with Gasteiger partial charge in [0.1, 0.15) is 5.75 Å². The number of nitrogens with zero attached hydrogens (tertiary/aromatic N) is 1. The molecule has 0 aliphatic heterocycles. The van der Waals surface area contributed by atoms with Gasteiger partial charge in [0, 0.05) is 19.3 Å². The summed E-state index contributed by atoms with van der Waals surface area (Å²) in [5.41, 5.74) is 1.07. The van der Waals surface area contributed by atoms with E-state index in [0.29, 0.717) is 12.8 Å². The van der Waals surface area contributed by atoms with Crippen molar-refractivity contribution in [3.05, 3.63) is 29.8 Å². The lowest BCUT2D eigenvalue weighted by Crippen LogP contribution is -2.14. The monoisotopic (exact) mass is 247 g/mol. The summed E-state index contributed by atoms with van der Waals surface area (Å²) in [7, 11) is 1.62. The van der Waals surface area contributed by atoms with E-state index in [9.17, 15) is 4.79 Å². The fourth-order valence-corrected chi connectivity index (χ4v) is 1.69. The average Bonchev–Trinajstić information content (AvgIpc) is 2.36. The van der Waals surface area contributed by atoms with E-state index in [-0.39, 0.29) is 18.5 Å². The molecule has 0 fully saturated rings. The zero-order valence-corrected chi connectivity index (χ0v) is 10.7. The highest BCUT2D eigenvalue weighted by molar-refractivity contribution is 5.65. The first-order valence-corrected chi connectivity index (χ1v) is 5.79. The minimum absolute atomic E-state index is 0.0195. The van der Waals surface area contributed by atoms with Gasteiger partial charge in [-0.15, -0.1) is 0 Å². The van der Waals surface area contributed by atoms with Gasteiger partial charge < -0.3 is 9.47 Å². The Bertz CT molecular complexity index is 437. The topological polar surface area (TPSA) is 59.3 Å². The van der Waals surface area contributed by atoms with E-state index in [4.69, 9.17) is 14.7 Å². The summed E-state index contributed by atoms with van der Waals surface area (Å²) < 4.78 is 10.1. The Morgan fingerprint density at radius 2 is 2.28 bits per heavy atom. The van der Waals surface area contributed by atoms with Gasteiger partial charge in [-0.25, -0.2) is 0 Å². The number of esters is 1. The Hall–Kier alpha value is -2.02. The lowest BCUT2D eigenvalue weighted by molar-refractivity contribution is -0.142. The summed E-state index contributed by atoms with van der Waals surface area (Å²) in [6, 6.07) is 9.80. The third kappa shape index (κ3) is 4.88. The molecule has 96 valence electrons. The second kappa shape index (κ2) is 7.33. The lowest BCUT2D eigenvalue weighted by Gasteiger charge is -2.13. The van der Waals surface area contributed by atoms with Crippen molar-refractivity contribution < 1.29 is 14.3 Å². The second-order valence-electron chi connectivity index (χ2n) is 4.09. The fourth-order valence-electron chi connectivity index (χ4n) is 1.69. The van der Waals surface area contributed by atoms with Gasteiger partial charge in [-0.05, 0) is 24.1 Å². The van der Waals surface area contributed by atoms with Crippen LogP contribution >= 0.6 is 0 Å². The van der Waals surface area contributed by atoms with E-state index >= 15 is 0 Å². The van der Waals surface area contributed by atoms with Gasteiger partial charge in [0.25, 0.3) is 0 Å². The highest BCUT2D eigenvalue weighted by atomic mass is 16.5. The molecule has 0 saturated carbocycles. The molecule has 1 rings (SSSR count). The van der Waals surface area contributed by atoms with E-state index in [1.807, 2.05) is 24.3 Å². The van der Waals surface area contributed by atoms with Gasteiger partial charge >= 0.3 is 5.97 Å². The molecule has 1 aromatic carbocycles. The Morgan fingerprint density at radius 3 is 2.89 bits per heavy atom. The maximum absolute atomic E-state index is 10.8. The van der Waals surface area contributed by atoms with E-state index in [0.717, 1.165) is 11.3 Å². The van der Waals surface area contributed by atoms with Crippen LogP contribution in [0.5, 0.6) is 5.75 Å². The summed E-state index contributed by atoms with van der Waals surface area (Å²) in [5.74, 6) is 0.491. The molecule has 0 heterocycles. The molecule has 0 aliphatic carbocycles. The molecular weight excluding hydrogens is 230 g/mol. The van der Waals surface area contributed by atoms with Crippen molar-refractivity contribution in [1.82, 2.24) is 0 Å². The zero-order chi connectivity index (χ0) is 13.4. The van der Waals surface area contributed by atoms with Crippen LogP contribution in [0.25, 0.3) is 0 Å². The largest absolute Gasteiger partial charge is 0.497 e. The Kier molecular flexibility index (Phi) is 5.72. The van der Waals surface area contributed by atoms with Crippen molar-refractivity contribution in [3.8, 4) is 11.8 Å². The smallest absolute Gasteiger partial charge is 0.302 e. The first kappa shape index (κ1) is 14.0. The fraction of sp³-hybridized carbons (Fsp3) is 0.429. The molecule has 4 nitrogen and oxygen atoms in total. The van der Waals surface area contributed by atoms with E-state index in [2.05, 4.69) is 6.07 Å². The molecule has 0 bridgehead atoms. The van der Waals surface area contributed by atoms with Crippen LogP contribution in [0.1, 0.15) is 18.9 Å². The van der Waals surface area contributed by atoms with E-state index in [1.54, 1.807) is 7.11 Å². The predicted molar refractivity (Wildman–Crippen MR) is 67.1 cm³/mol. The molecule has 0 N–H and O–H groups in total. The predicted octanol–water partition coefficient (Wildman–Crippen LogP) is 2.33. The highest BCUT2D eigenvalue weighted by Crippen LogP contribution is 2.17. The van der Waals surface area contributed by atoms with Crippen molar-refractivity contribution >= 4 is 5.97 Å². The number of methoxy groups -OCH3 is 1. The molecule has 1 aromatic rings. The highest BCUT2D eigenvalue weighted by Gasteiger charge is 2.12. The number of ether oxygens (including phenoxy) is 2. The first-order chi connectivity index (χ1) is 8.65. The zero-order valence-electron chi connectivity index (χ0n) is 10.7. The normalized spacial score (nSPS) is 11.4. The van der Waals surface area contributed by atoms with Gasteiger partial charge in [-0.3, -0.25) is 4.79 Å². The number of nitriles is 1. The van der Waals surface area contributed by atoms with E-state index in [1.165, 1.54) is 6.92 Å². The molecule has 0 spiro atoms. The number of hydrogen-bond donors (Lipinski definition) is 0. The van der Waals surface area contributed by atoms with E-state index < -0.39 is 0 Å². The van der Waals surface area contributed by atoms with Crippen molar-refractivity contribution in [1.29, 1.82) is 5.26 Å². The molecule has 0 unspecified atom stereocenters. The first-order valence-electron chi connectivity index (χ1n) is 5.79. The molecule has 0 aromatic heterocycles. The quantitative estimate of drug-likeness (QED) is 0.724. The van der Waals surface area contributed by atoms with Crippen molar-refractivity contribution in [2.45, 2.75) is 19.8 Å². The number of hydrogen-bond acceptors (Lipinski definition) is 4. The van der Waals surface area contributed by atoms with Crippen molar-refractivity contribution in [2.24, 2.45) is 5.92 Å². The molecule has 0 radical (unpaired) electrons. The summed E-state index contributed by atoms with van der Waals surface area (Å²) in [6.45, 7) is 1.65. The summed E-state index contributed by atoms with van der Waals surface area (Å²) in [4.78, 5) is 10.8. The SMILES string of the molecule is COc1cccc(C[C@H](CC#N)COC(C)=O)c1. The Labute approximate surface area is 107 Å². The number of benzene rings is 1. The summed E-state index contributed by atoms with van der Waals surface area (Å²) in [5, 5.41) is 8.77. The van der Waals surface area contributed by atoms with Crippen LogP contribution in [0, 0.1) is 17.2 Å². The lowest BCUT2D eigenvalue weighted by atomic mass is 9.97. The molecule has 0 aliphatic rings.